The SMILES string of the molecule is Cc1ccc(F)cc1C(=O)N1CCCC2(C1)OCCO2. The summed E-state index contributed by atoms with van der Waals surface area (Å²) >= 11 is 0. The lowest BCUT2D eigenvalue weighted by Gasteiger charge is -2.38. The standard InChI is InChI=1S/C15H18FNO3/c1-11-3-4-12(16)9-13(11)14(18)17-6-2-5-15(10-17)19-7-8-20-15/h3-4,9H,2,5-8,10H2,1H3. The predicted octanol–water partition coefficient (Wildman–Crippen LogP) is 2.11. The van der Waals surface area contributed by atoms with Crippen LogP contribution in [0.4, 0.5) is 4.39 Å². The van der Waals surface area contributed by atoms with Crippen molar-refractivity contribution in [2.24, 2.45) is 0 Å². The number of amides is 1. The van der Waals surface area contributed by atoms with E-state index in [9.17, 15) is 9.18 Å². The molecule has 108 valence electrons. The number of carbonyl (C=O) groups is 1. The van der Waals surface area contributed by atoms with E-state index in [1.807, 2.05) is 6.92 Å². The van der Waals surface area contributed by atoms with Crippen molar-refractivity contribution in [3.8, 4) is 0 Å². The first-order chi connectivity index (χ1) is 9.60. The Balaban J connectivity index is 1.81. The molecule has 0 bridgehead atoms. The van der Waals surface area contributed by atoms with Crippen LogP contribution in [-0.4, -0.2) is 42.9 Å². The highest BCUT2D eigenvalue weighted by molar-refractivity contribution is 5.95. The number of piperidine rings is 1. The minimum Gasteiger partial charge on any atom is -0.346 e. The molecule has 0 aromatic heterocycles. The Morgan fingerprint density at radius 3 is 2.85 bits per heavy atom. The van der Waals surface area contributed by atoms with Gasteiger partial charge in [0.15, 0.2) is 5.79 Å². The summed E-state index contributed by atoms with van der Waals surface area (Å²) < 4.78 is 24.7. The highest BCUT2D eigenvalue weighted by Crippen LogP contribution is 2.31. The highest BCUT2D eigenvalue weighted by Gasteiger charge is 2.42. The molecule has 0 aliphatic carbocycles. The van der Waals surface area contributed by atoms with Crippen molar-refractivity contribution >= 4 is 5.91 Å². The molecule has 2 fully saturated rings. The van der Waals surface area contributed by atoms with Gasteiger partial charge < -0.3 is 14.4 Å². The van der Waals surface area contributed by atoms with Crippen molar-refractivity contribution < 1.29 is 18.7 Å². The zero-order valence-corrected chi connectivity index (χ0v) is 11.5. The number of nitrogens with zero attached hydrogens (tertiary/aromatic N) is 1. The number of rotatable bonds is 1. The maximum absolute atomic E-state index is 13.3. The molecule has 2 aliphatic rings. The molecule has 1 aromatic carbocycles. The lowest BCUT2D eigenvalue weighted by atomic mass is 10.0. The molecule has 0 atom stereocenters. The van der Waals surface area contributed by atoms with Crippen molar-refractivity contribution in [1.29, 1.82) is 0 Å². The maximum Gasteiger partial charge on any atom is 0.254 e. The van der Waals surface area contributed by atoms with Crippen LogP contribution in [0.3, 0.4) is 0 Å². The first-order valence-electron chi connectivity index (χ1n) is 6.93. The third kappa shape index (κ3) is 2.43. The fraction of sp³-hybridized carbons (Fsp3) is 0.533. The maximum atomic E-state index is 13.3. The van der Waals surface area contributed by atoms with Crippen molar-refractivity contribution in [3.05, 3.63) is 35.1 Å². The number of likely N-dealkylation sites (tertiary alicyclic amines) is 1. The number of benzene rings is 1. The van der Waals surface area contributed by atoms with E-state index in [0.29, 0.717) is 31.9 Å². The van der Waals surface area contributed by atoms with Gasteiger partial charge in [-0.1, -0.05) is 6.07 Å². The predicted molar refractivity (Wildman–Crippen MR) is 70.9 cm³/mol. The van der Waals surface area contributed by atoms with Gasteiger partial charge in [0, 0.05) is 18.5 Å². The minimum absolute atomic E-state index is 0.153. The molecular formula is C15H18FNO3. The molecule has 5 heteroatoms. The lowest BCUT2D eigenvalue weighted by molar-refractivity contribution is -0.183. The smallest absolute Gasteiger partial charge is 0.254 e. The second-order valence-electron chi connectivity index (χ2n) is 5.40. The van der Waals surface area contributed by atoms with Crippen LogP contribution < -0.4 is 0 Å². The van der Waals surface area contributed by atoms with Crippen LogP contribution in [0.25, 0.3) is 0 Å². The Morgan fingerprint density at radius 1 is 1.35 bits per heavy atom. The highest BCUT2D eigenvalue weighted by atomic mass is 19.1. The van der Waals surface area contributed by atoms with Crippen LogP contribution in [-0.2, 0) is 9.47 Å². The number of carbonyl (C=O) groups excluding carboxylic acids is 1. The fourth-order valence-corrected chi connectivity index (χ4v) is 2.89. The summed E-state index contributed by atoms with van der Waals surface area (Å²) in [6.07, 6.45) is 1.64. The molecule has 0 saturated carbocycles. The fourth-order valence-electron chi connectivity index (χ4n) is 2.89. The van der Waals surface area contributed by atoms with E-state index in [1.54, 1.807) is 11.0 Å². The van der Waals surface area contributed by atoms with Crippen LogP contribution in [0.15, 0.2) is 18.2 Å². The Kier molecular flexibility index (Phi) is 3.48. The van der Waals surface area contributed by atoms with Crippen molar-refractivity contribution in [3.63, 3.8) is 0 Å². The van der Waals surface area contributed by atoms with Crippen LogP contribution in [0.2, 0.25) is 0 Å². The molecule has 0 N–H and O–H groups in total. The lowest BCUT2D eigenvalue weighted by Crippen LogP contribution is -2.51. The Hall–Kier alpha value is -1.46. The van der Waals surface area contributed by atoms with Gasteiger partial charge in [-0.05, 0) is 31.0 Å². The summed E-state index contributed by atoms with van der Waals surface area (Å²) in [6.45, 7) is 4.03. The second-order valence-corrected chi connectivity index (χ2v) is 5.40. The largest absolute Gasteiger partial charge is 0.346 e. The minimum atomic E-state index is -0.644. The number of hydrogen-bond donors (Lipinski definition) is 0. The third-order valence-electron chi connectivity index (χ3n) is 3.95. The molecule has 3 rings (SSSR count). The van der Waals surface area contributed by atoms with Gasteiger partial charge in [-0.25, -0.2) is 4.39 Å². The number of aryl methyl sites for hydroxylation is 1. The van der Waals surface area contributed by atoms with E-state index < -0.39 is 5.79 Å². The average molecular weight is 279 g/mol. The normalized spacial score (nSPS) is 21.4. The van der Waals surface area contributed by atoms with Crippen molar-refractivity contribution in [2.45, 2.75) is 25.6 Å². The van der Waals surface area contributed by atoms with Crippen LogP contribution in [0, 0.1) is 12.7 Å². The van der Waals surface area contributed by atoms with Gasteiger partial charge in [-0.15, -0.1) is 0 Å². The topological polar surface area (TPSA) is 38.8 Å². The number of halogens is 1. The molecule has 1 aromatic rings. The summed E-state index contributed by atoms with van der Waals surface area (Å²) in [5.41, 5.74) is 1.20. The van der Waals surface area contributed by atoms with Gasteiger partial charge in [0.1, 0.15) is 5.82 Å². The monoisotopic (exact) mass is 279 g/mol. The molecule has 2 heterocycles. The molecule has 2 saturated heterocycles. The Labute approximate surface area is 117 Å². The second kappa shape index (κ2) is 5.14. The van der Waals surface area contributed by atoms with E-state index in [2.05, 4.69) is 0 Å². The van der Waals surface area contributed by atoms with E-state index >= 15 is 0 Å². The van der Waals surface area contributed by atoms with E-state index in [4.69, 9.17) is 9.47 Å². The summed E-state index contributed by atoms with van der Waals surface area (Å²) in [7, 11) is 0. The van der Waals surface area contributed by atoms with Crippen LogP contribution in [0.1, 0.15) is 28.8 Å². The summed E-state index contributed by atoms with van der Waals surface area (Å²) in [5.74, 6) is -1.19. The quantitative estimate of drug-likeness (QED) is 0.790. The molecule has 0 unspecified atom stereocenters. The Morgan fingerprint density at radius 2 is 2.10 bits per heavy atom. The zero-order valence-electron chi connectivity index (χ0n) is 11.5. The van der Waals surface area contributed by atoms with E-state index in [-0.39, 0.29) is 11.7 Å². The summed E-state index contributed by atoms with van der Waals surface area (Å²) in [6, 6.07) is 4.30. The van der Waals surface area contributed by atoms with Gasteiger partial charge in [0.2, 0.25) is 0 Å². The Bertz CT molecular complexity index is 526. The van der Waals surface area contributed by atoms with Crippen molar-refractivity contribution in [1.82, 2.24) is 4.90 Å². The van der Waals surface area contributed by atoms with Gasteiger partial charge in [-0.2, -0.15) is 0 Å². The van der Waals surface area contributed by atoms with Gasteiger partial charge in [-0.3, -0.25) is 4.79 Å². The molecule has 1 amide bonds. The molecule has 2 aliphatic heterocycles. The molecule has 20 heavy (non-hydrogen) atoms. The number of ether oxygens (including phenoxy) is 2. The molecule has 4 nitrogen and oxygen atoms in total. The van der Waals surface area contributed by atoms with Crippen LogP contribution >= 0.6 is 0 Å². The number of hydrogen-bond acceptors (Lipinski definition) is 3. The van der Waals surface area contributed by atoms with E-state index in [0.717, 1.165) is 18.4 Å². The third-order valence-corrected chi connectivity index (χ3v) is 3.95. The first kappa shape index (κ1) is 13.5. The van der Waals surface area contributed by atoms with Gasteiger partial charge in [0.05, 0.1) is 19.8 Å². The zero-order chi connectivity index (χ0) is 14.2. The molecule has 0 radical (unpaired) electrons. The molecular weight excluding hydrogens is 261 g/mol. The first-order valence-corrected chi connectivity index (χ1v) is 6.93. The van der Waals surface area contributed by atoms with Gasteiger partial charge >= 0.3 is 0 Å². The van der Waals surface area contributed by atoms with Gasteiger partial charge in [0.25, 0.3) is 5.91 Å². The molecule has 1 spiro atoms. The van der Waals surface area contributed by atoms with E-state index in [1.165, 1.54) is 12.1 Å². The summed E-state index contributed by atoms with van der Waals surface area (Å²) in [5, 5.41) is 0. The van der Waals surface area contributed by atoms with Crippen LogP contribution in [0.5, 0.6) is 0 Å². The van der Waals surface area contributed by atoms with Crippen molar-refractivity contribution in [2.75, 3.05) is 26.3 Å². The average Bonchev–Trinajstić information content (AvgIpc) is 2.88. The summed E-state index contributed by atoms with van der Waals surface area (Å²) in [4.78, 5) is 14.3.